The molecule has 0 fully saturated rings. The summed E-state index contributed by atoms with van der Waals surface area (Å²) in [5.74, 6) is 0.887. The van der Waals surface area contributed by atoms with E-state index in [-0.39, 0.29) is 0 Å². The molecule has 0 atom stereocenters. The van der Waals surface area contributed by atoms with Gasteiger partial charge < -0.3 is 0 Å². The largest absolute Gasteiger partial charge is 0.295 e. The van der Waals surface area contributed by atoms with E-state index < -0.39 is 0 Å². The van der Waals surface area contributed by atoms with E-state index in [4.69, 9.17) is 4.98 Å². The zero-order valence-corrected chi connectivity index (χ0v) is 30.2. The molecule has 0 saturated carbocycles. The molecule has 0 amide bonds. The number of pyridine rings is 1. The first-order valence-electron chi connectivity index (χ1n) is 18.9. The van der Waals surface area contributed by atoms with Crippen LogP contribution in [0.5, 0.6) is 0 Å². The molecular weight excluding hydrogens is 653 g/mol. The number of aryl methyl sites for hydroxylation is 1. The van der Waals surface area contributed by atoms with Crippen molar-refractivity contribution in [3.05, 3.63) is 199 Å². The van der Waals surface area contributed by atoms with Crippen LogP contribution in [0.15, 0.2) is 188 Å². The van der Waals surface area contributed by atoms with E-state index in [9.17, 15) is 0 Å². The Bertz CT molecular complexity index is 2920. The highest BCUT2D eigenvalue weighted by Gasteiger charge is 2.23. The van der Waals surface area contributed by atoms with Crippen molar-refractivity contribution in [2.45, 2.75) is 19.8 Å². The third-order valence-corrected chi connectivity index (χ3v) is 11.0. The van der Waals surface area contributed by atoms with Crippen LogP contribution in [0, 0.1) is 6.92 Å². The quantitative estimate of drug-likeness (QED) is 0.161. The number of hydrogen-bond donors (Lipinski definition) is 0. The molecule has 9 aromatic rings. The topological polar surface area (TPSA) is 16.1 Å². The lowest BCUT2D eigenvalue weighted by Crippen LogP contribution is -2.11. The van der Waals surface area contributed by atoms with Crippen LogP contribution in [0.25, 0.3) is 71.0 Å². The first-order chi connectivity index (χ1) is 26.7. The molecule has 256 valence electrons. The van der Waals surface area contributed by atoms with Crippen molar-refractivity contribution < 1.29 is 0 Å². The van der Waals surface area contributed by atoms with Crippen LogP contribution >= 0.6 is 0 Å². The van der Waals surface area contributed by atoms with Gasteiger partial charge in [-0.3, -0.25) is 4.90 Å². The first kappa shape index (κ1) is 31.9. The van der Waals surface area contributed by atoms with Gasteiger partial charge in [-0.2, -0.15) is 0 Å². The van der Waals surface area contributed by atoms with Crippen LogP contribution in [0.1, 0.15) is 24.0 Å². The summed E-state index contributed by atoms with van der Waals surface area (Å²) in [4.78, 5) is 7.52. The van der Waals surface area contributed by atoms with Crippen LogP contribution in [-0.4, -0.2) is 4.98 Å². The maximum atomic E-state index is 5.22. The van der Waals surface area contributed by atoms with Gasteiger partial charge in [-0.25, -0.2) is 4.98 Å². The SMILES string of the molecule is Cc1ccc(N(c2ccc3c(c2)c2ccccc2c2c(C4=CC=CCC4)cc(-c4ccccc4)c(-c4ccccc4)c32)c2ccc3ccccc3n2)cc1. The van der Waals surface area contributed by atoms with Gasteiger partial charge in [0.1, 0.15) is 5.82 Å². The van der Waals surface area contributed by atoms with E-state index in [0.29, 0.717) is 0 Å². The predicted octanol–water partition coefficient (Wildman–Crippen LogP) is 14.5. The van der Waals surface area contributed by atoms with Crippen molar-refractivity contribution in [1.29, 1.82) is 0 Å². The highest BCUT2D eigenvalue weighted by molar-refractivity contribution is 6.32. The molecule has 0 saturated heterocycles. The van der Waals surface area contributed by atoms with Gasteiger partial charge in [-0.15, -0.1) is 0 Å². The summed E-state index contributed by atoms with van der Waals surface area (Å²) in [5, 5.41) is 8.72. The fraction of sp³-hybridized carbons (Fsp3) is 0.0577. The van der Waals surface area contributed by atoms with Gasteiger partial charge in [0.05, 0.1) is 5.52 Å². The molecule has 0 unspecified atom stereocenters. The van der Waals surface area contributed by atoms with E-state index in [2.05, 4.69) is 200 Å². The Hall–Kier alpha value is -6.77. The number of anilines is 3. The van der Waals surface area contributed by atoms with Crippen molar-refractivity contribution in [1.82, 2.24) is 4.98 Å². The molecule has 1 aromatic heterocycles. The summed E-state index contributed by atoms with van der Waals surface area (Å²) >= 11 is 0. The van der Waals surface area contributed by atoms with Crippen LogP contribution in [0.3, 0.4) is 0 Å². The Morgan fingerprint density at radius 1 is 0.519 bits per heavy atom. The van der Waals surface area contributed by atoms with Crippen molar-refractivity contribution >= 4 is 66.0 Å². The fourth-order valence-corrected chi connectivity index (χ4v) is 8.40. The molecule has 0 bridgehead atoms. The van der Waals surface area contributed by atoms with Gasteiger partial charge >= 0.3 is 0 Å². The lowest BCUT2D eigenvalue weighted by atomic mass is 9.80. The van der Waals surface area contributed by atoms with Gasteiger partial charge in [0.25, 0.3) is 0 Å². The average molecular weight is 691 g/mol. The normalized spacial score (nSPS) is 12.8. The third kappa shape index (κ3) is 5.47. The molecule has 54 heavy (non-hydrogen) atoms. The minimum absolute atomic E-state index is 0.887. The maximum Gasteiger partial charge on any atom is 0.138 e. The molecule has 1 aliphatic carbocycles. The molecule has 10 rings (SSSR count). The van der Waals surface area contributed by atoms with Gasteiger partial charge in [0, 0.05) is 16.8 Å². The molecule has 0 N–H and O–H groups in total. The highest BCUT2D eigenvalue weighted by Crippen LogP contribution is 2.49. The van der Waals surface area contributed by atoms with E-state index in [1.165, 1.54) is 71.3 Å². The Morgan fingerprint density at radius 3 is 1.98 bits per heavy atom. The van der Waals surface area contributed by atoms with Crippen LogP contribution < -0.4 is 4.90 Å². The zero-order chi connectivity index (χ0) is 36.0. The van der Waals surface area contributed by atoms with Crippen LogP contribution in [0.2, 0.25) is 0 Å². The fourth-order valence-electron chi connectivity index (χ4n) is 8.40. The number of benzene rings is 8. The number of aromatic nitrogens is 1. The number of nitrogens with zero attached hydrogens (tertiary/aromatic N) is 2. The minimum atomic E-state index is 0.887. The van der Waals surface area contributed by atoms with Crippen molar-refractivity contribution in [3.8, 4) is 22.3 Å². The standard InChI is InChI=1S/C52H38N2/c1-35-25-28-40(29-26-35)54(49-32-27-38-19-11-14-24-48(38)53-49)41-30-31-44-47(33-41)42-22-12-13-23-43(42)51-46(37-17-7-3-8-18-37)34-45(36-15-5-2-6-16-36)50(52(44)51)39-20-9-4-10-21-39/h2-7,9-17,19-34H,8,18H2,1H3. The minimum Gasteiger partial charge on any atom is -0.295 e. The molecule has 0 aliphatic heterocycles. The molecule has 0 radical (unpaired) electrons. The van der Waals surface area contributed by atoms with E-state index >= 15 is 0 Å². The second-order valence-corrected chi connectivity index (χ2v) is 14.3. The Labute approximate surface area is 316 Å². The summed E-state index contributed by atoms with van der Waals surface area (Å²) in [7, 11) is 0. The highest BCUT2D eigenvalue weighted by atomic mass is 15.2. The average Bonchev–Trinajstić information content (AvgIpc) is 3.24. The van der Waals surface area contributed by atoms with Gasteiger partial charge in [-0.1, -0.05) is 145 Å². The summed E-state index contributed by atoms with van der Waals surface area (Å²) in [5.41, 5.74) is 12.0. The predicted molar refractivity (Wildman–Crippen MR) is 231 cm³/mol. The molecular formula is C52H38N2. The summed E-state index contributed by atoms with van der Waals surface area (Å²) in [6.45, 7) is 2.14. The lowest BCUT2D eigenvalue weighted by Gasteiger charge is -2.26. The summed E-state index contributed by atoms with van der Waals surface area (Å²) in [6, 6.07) is 61.9. The molecule has 8 aromatic carbocycles. The second kappa shape index (κ2) is 13.3. The number of hydrogen-bond acceptors (Lipinski definition) is 2. The smallest absolute Gasteiger partial charge is 0.138 e. The van der Waals surface area contributed by atoms with Gasteiger partial charge in [-0.05, 0) is 134 Å². The monoisotopic (exact) mass is 690 g/mol. The number of para-hydroxylation sites is 1. The molecule has 0 spiro atoms. The molecule has 2 heteroatoms. The van der Waals surface area contributed by atoms with E-state index in [1.54, 1.807) is 0 Å². The first-order valence-corrected chi connectivity index (χ1v) is 18.9. The number of allylic oxidation sites excluding steroid dienone is 4. The van der Waals surface area contributed by atoms with E-state index in [0.717, 1.165) is 40.9 Å². The van der Waals surface area contributed by atoms with Crippen LogP contribution in [0.4, 0.5) is 17.2 Å². The molecule has 1 aliphatic rings. The van der Waals surface area contributed by atoms with Crippen molar-refractivity contribution in [2.75, 3.05) is 4.90 Å². The van der Waals surface area contributed by atoms with Crippen molar-refractivity contribution in [3.63, 3.8) is 0 Å². The van der Waals surface area contributed by atoms with E-state index in [1.807, 2.05) is 0 Å². The summed E-state index contributed by atoms with van der Waals surface area (Å²) < 4.78 is 0. The Morgan fingerprint density at radius 2 is 1.20 bits per heavy atom. The Balaban J connectivity index is 1.34. The third-order valence-electron chi connectivity index (χ3n) is 11.0. The Kier molecular flexibility index (Phi) is 7.88. The van der Waals surface area contributed by atoms with Crippen molar-refractivity contribution in [2.24, 2.45) is 0 Å². The zero-order valence-electron chi connectivity index (χ0n) is 30.2. The second-order valence-electron chi connectivity index (χ2n) is 14.3. The van der Waals surface area contributed by atoms with Crippen LogP contribution in [-0.2, 0) is 0 Å². The lowest BCUT2D eigenvalue weighted by molar-refractivity contribution is 1.06. The van der Waals surface area contributed by atoms with Gasteiger partial charge in [0.15, 0.2) is 0 Å². The summed E-state index contributed by atoms with van der Waals surface area (Å²) in [6.07, 6.45) is 8.89. The molecule has 2 nitrogen and oxygen atoms in total. The number of fused-ring (bicyclic) bond motifs is 7. The number of rotatable bonds is 6. The van der Waals surface area contributed by atoms with Gasteiger partial charge in [0.2, 0.25) is 0 Å². The molecule has 1 heterocycles. The maximum absolute atomic E-state index is 5.22.